The Hall–Kier alpha value is -2.60. The zero-order valence-corrected chi connectivity index (χ0v) is 14.0. The molecule has 3 heterocycles. The summed E-state index contributed by atoms with van der Waals surface area (Å²) in [7, 11) is 0. The Morgan fingerprint density at radius 2 is 2.04 bits per heavy atom. The summed E-state index contributed by atoms with van der Waals surface area (Å²) in [6, 6.07) is 9.70. The molecule has 0 aliphatic carbocycles. The van der Waals surface area contributed by atoms with Crippen LogP contribution in [0.15, 0.2) is 42.7 Å². The molecule has 1 N–H and O–H groups in total. The van der Waals surface area contributed by atoms with Gasteiger partial charge in [-0.3, -0.25) is 14.7 Å². The van der Waals surface area contributed by atoms with Crippen LogP contribution in [0.1, 0.15) is 34.8 Å². The van der Waals surface area contributed by atoms with E-state index in [1.54, 1.807) is 24.5 Å². The molecule has 4 rings (SSSR count). The van der Waals surface area contributed by atoms with E-state index in [2.05, 4.69) is 21.3 Å². The third-order valence-corrected chi connectivity index (χ3v) is 4.74. The van der Waals surface area contributed by atoms with Crippen LogP contribution in [0.25, 0.3) is 0 Å². The van der Waals surface area contributed by atoms with Crippen molar-refractivity contribution in [1.82, 2.24) is 15.2 Å². The Morgan fingerprint density at radius 3 is 2.84 bits per heavy atom. The van der Waals surface area contributed by atoms with Crippen LogP contribution in [-0.4, -0.2) is 42.2 Å². The molecule has 25 heavy (non-hydrogen) atoms. The first-order chi connectivity index (χ1) is 12.3. The third-order valence-electron chi connectivity index (χ3n) is 4.74. The van der Waals surface area contributed by atoms with Gasteiger partial charge in [-0.05, 0) is 55.8 Å². The van der Waals surface area contributed by atoms with Crippen LogP contribution in [-0.2, 0) is 0 Å². The second-order valence-electron chi connectivity index (χ2n) is 6.32. The van der Waals surface area contributed by atoms with Gasteiger partial charge in [0.25, 0.3) is 5.91 Å². The van der Waals surface area contributed by atoms with Crippen molar-refractivity contribution in [3.05, 3.63) is 53.9 Å². The van der Waals surface area contributed by atoms with Gasteiger partial charge in [-0.2, -0.15) is 0 Å². The summed E-state index contributed by atoms with van der Waals surface area (Å²) >= 11 is 0. The number of carbonyl (C=O) groups excluding carboxylic acids is 1. The molecule has 1 aromatic carbocycles. The Kier molecular flexibility index (Phi) is 4.52. The summed E-state index contributed by atoms with van der Waals surface area (Å²) in [4.78, 5) is 18.8. The first-order valence-electron chi connectivity index (χ1n) is 8.63. The number of benzene rings is 1. The fourth-order valence-corrected chi connectivity index (χ4v) is 3.42. The smallest absolute Gasteiger partial charge is 0.252 e. The SMILES string of the molecule is O=C(NCC(c1ccc2c(c1)OCO2)N1CCCC1)c1cccnc1. The van der Waals surface area contributed by atoms with Crippen LogP contribution < -0.4 is 14.8 Å². The Balaban J connectivity index is 1.51. The standard InChI is InChI=1S/C19H21N3O3/c23-19(15-4-3-7-20-11-15)21-12-16(22-8-1-2-9-22)14-5-6-17-18(10-14)25-13-24-17/h3-7,10-11,16H,1-2,8-9,12-13H2,(H,21,23). The summed E-state index contributed by atoms with van der Waals surface area (Å²) in [5, 5.41) is 3.05. The maximum atomic E-state index is 12.4. The van der Waals surface area contributed by atoms with Crippen molar-refractivity contribution in [3.8, 4) is 11.5 Å². The maximum absolute atomic E-state index is 12.4. The largest absolute Gasteiger partial charge is 0.454 e. The number of rotatable bonds is 5. The van der Waals surface area contributed by atoms with Gasteiger partial charge in [0.2, 0.25) is 6.79 Å². The summed E-state index contributed by atoms with van der Waals surface area (Å²) in [5.41, 5.74) is 1.71. The average molecular weight is 339 g/mol. The van der Waals surface area contributed by atoms with Gasteiger partial charge < -0.3 is 14.8 Å². The van der Waals surface area contributed by atoms with Crippen molar-refractivity contribution in [2.75, 3.05) is 26.4 Å². The number of pyridine rings is 1. The summed E-state index contributed by atoms with van der Waals surface area (Å²) < 4.78 is 10.9. The van der Waals surface area contributed by atoms with Gasteiger partial charge >= 0.3 is 0 Å². The number of nitrogens with one attached hydrogen (secondary N) is 1. The highest BCUT2D eigenvalue weighted by molar-refractivity contribution is 5.93. The van der Waals surface area contributed by atoms with Gasteiger partial charge in [-0.1, -0.05) is 6.07 Å². The molecule has 2 aromatic rings. The molecule has 130 valence electrons. The van der Waals surface area contributed by atoms with E-state index in [-0.39, 0.29) is 18.7 Å². The maximum Gasteiger partial charge on any atom is 0.252 e. The van der Waals surface area contributed by atoms with Gasteiger partial charge in [-0.15, -0.1) is 0 Å². The van der Waals surface area contributed by atoms with Crippen LogP contribution in [0.5, 0.6) is 11.5 Å². The zero-order chi connectivity index (χ0) is 17.1. The van der Waals surface area contributed by atoms with Crippen molar-refractivity contribution >= 4 is 5.91 Å². The summed E-state index contributed by atoms with van der Waals surface area (Å²) in [5.74, 6) is 1.46. The molecule has 1 unspecified atom stereocenters. The first kappa shape index (κ1) is 15.9. The quantitative estimate of drug-likeness (QED) is 0.906. The second-order valence-corrected chi connectivity index (χ2v) is 6.32. The molecule has 0 radical (unpaired) electrons. The van der Waals surface area contributed by atoms with E-state index in [4.69, 9.17) is 9.47 Å². The van der Waals surface area contributed by atoms with Crippen molar-refractivity contribution in [2.24, 2.45) is 0 Å². The minimum atomic E-state index is -0.0990. The lowest BCUT2D eigenvalue weighted by Crippen LogP contribution is -2.36. The number of ether oxygens (including phenoxy) is 2. The molecule has 0 saturated carbocycles. The van der Waals surface area contributed by atoms with E-state index in [1.165, 1.54) is 12.8 Å². The van der Waals surface area contributed by atoms with E-state index in [9.17, 15) is 4.79 Å². The lowest BCUT2D eigenvalue weighted by atomic mass is 10.0. The van der Waals surface area contributed by atoms with Crippen LogP contribution in [0.2, 0.25) is 0 Å². The Morgan fingerprint density at radius 1 is 1.20 bits per heavy atom. The van der Waals surface area contributed by atoms with E-state index in [0.29, 0.717) is 12.1 Å². The topological polar surface area (TPSA) is 63.7 Å². The summed E-state index contributed by atoms with van der Waals surface area (Å²) in [6.45, 7) is 2.90. The van der Waals surface area contributed by atoms with E-state index >= 15 is 0 Å². The minimum absolute atomic E-state index is 0.0990. The highest BCUT2D eigenvalue weighted by Crippen LogP contribution is 2.36. The van der Waals surface area contributed by atoms with E-state index in [0.717, 1.165) is 30.2 Å². The van der Waals surface area contributed by atoms with Crippen LogP contribution in [0.4, 0.5) is 0 Å². The van der Waals surface area contributed by atoms with Gasteiger partial charge in [0.1, 0.15) is 0 Å². The number of amides is 1. The highest BCUT2D eigenvalue weighted by Gasteiger charge is 2.26. The van der Waals surface area contributed by atoms with Gasteiger partial charge in [-0.25, -0.2) is 0 Å². The monoisotopic (exact) mass is 339 g/mol. The number of aromatic nitrogens is 1. The number of hydrogen-bond acceptors (Lipinski definition) is 5. The van der Waals surface area contributed by atoms with Gasteiger partial charge in [0, 0.05) is 18.9 Å². The molecule has 0 spiro atoms. The predicted octanol–water partition coefficient (Wildman–Crippen LogP) is 2.38. The van der Waals surface area contributed by atoms with Crippen LogP contribution >= 0.6 is 0 Å². The fraction of sp³-hybridized carbons (Fsp3) is 0.368. The molecule has 1 saturated heterocycles. The molecular formula is C19H21N3O3. The number of carbonyl (C=O) groups is 1. The van der Waals surface area contributed by atoms with Crippen molar-refractivity contribution in [1.29, 1.82) is 0 Å². The van der Waals surface area contributed by atoms with Crippen molar-refractivity contribution in [3.63, 3.8) is 0 Å². The molecule has 1 amide bonds. The number of hydrogen-bond donors (Lipinski definition) is 1. The second kappa shape index (κ2) is 7.11. The number of fused-ring (bicyclic) bond motifs is 1. The van der Waals surface area contributed by atoms with Gasteiger partial charge in [0.05, 0.1) is 11.6 Å². The molecular weight excluding hydrogens is 318 g/mol. The van der Waals surface area contributed by atoms with Gasteiger partial charge in [0.15, 0.2) is 11.5 Å². The third kappa shape index (κ3) is 3.44. The lowest BCUT2D eigenvalue weighted by Gasteiger charge is -2.28. The lowest BCUT2D eigenvalue weighted by molar-refractivity contribution is 0.0937. The van der Waals surface area contributed by atoms with Crippen molar-refractivity contribution < 1.29 is 14.3 Å². The fourth-order valence-electron chi connectivity index (χ4n) is 3.42. The number of likely N-dealkylation sites (tertiary alicyclic amines) is 1. The number of nitrogens with zero attached hydrogens (tertiary/aromatic N) is 2. The molecule has 1 aromatic heterocycles. The molecule has 2 aliphatic rings. The summed E-state index contributed by atoms with van der Waals surface area (Å²) in [6.07, 6.45) is 5.63. The normalized spacial score (nSPS) is 17.4. The predicted molar refractivity (Wildman–Crippen MR) is 92.7 cm³/mol. The van der Waals surface area contributed by atoms with Crippen molar-refractivity contribution in [2.45, 2.75) is 18.9 Å². The van der Waals surface area contributed by atoms with Crippen LogP contribution in [0, 0.1) is 0 Å². The average Bonchev–Trinajstić information content (AvgIpc) is 3.34. The highest BCUT2D eigenvalue weighted by atomic mass is 16.7. The molecule has 2 aliphatic heterocycles. The first-order valence-corrected chi connectivity index (χ1v) is 8.63. The Bertz CT molecular complexity index is 745. The molecule has 1 fully saturated rings. The minimum Gasteiger partial charge on any atom is -0.454 e. The molecule has 0 bridgehead atoms. The Labute approximate surface area is 146 Å². The molecule has 6 nitrogen and oxygen atoms in total. The zero-order valence-electron chi connectivity index (χ0n) is 14.0. The molecule has 6 heteroatoms. The van der Waals surface area contributed by atoms with E-state index < -0.39 is 0 Å². The van der Waals surface area contributed by atoms with E-state index in [1.807, 2.05) is 12.1 Å². The van der Waals surface area contributed by atoms with Crippen LogP contribution in [0.3, 0.4) is 0 Å². The molecule has 1 atom stereocenters.